The Labute approximate surface area is 119 Å². The Kier molecular flexibility index (Phi) is 2.68. The van der Waals surface area contributed by atoms with Crippen LogP contribution in [0.25, 0.3) is 0 Å². The SMILES string of the molecule is CC1(C)[C@]2(C(=O)N3CCNCC3)CC[C@]1(C)C(=O)C2=O. The number of nitrogens with zero attached hydrogens (tertiary/aromatic N) is 1. The molecule has 0 spiro atoms. The molecule has 2 aliphatic carbocycles. The molecule has 1 saturated heterocycles. The number of carbonyl (C=O) groups excluding carboxylic acids is 3. The first-order chi connectivity index (χ1) is 9.29. The van der Waals surface area contributed by atoms with Crippen LogP contribution in [0.2, 0.25) is 0 Å². The Morgan fingerprint density at radius 1 is 1.05 bits per heavy atom. The molecule has 2 bridgehead atoms. The van der Waals surface area contributed by atoms with E-state index in [4.69, 9.17) is 0 Å². The van der Waals surface area contributed by atoms with E-state index in [1.165, 1.54) is 0 Å². The number of Topliss-reactive ketones (excluding diaryl/α,β-unsaturated/α-hetero) is 2. The van der Waals surface area contributed by atoms with Crippen LogP contribution in [0.1, 0.15) is 33.6 Å². The Balaban J connectivity index is 2.04. The average Bonchev–Trinajstić information content (AvgIpc) is 2.71. The predicted octanol–water partition coefficient (Wildman–Crippen LogP) is 0.383. The Bertz CT molecular complexity index is 507. The van der Waals surface area contributed by atoms with Crippen LogP contribution >= 0.6 is 0 Å². The van der Waals surface area contributed by atoms with Crippen molar-refractivity contribution >= 4 is 17.5 Å². The maximum absolute atomic E-state index is 13.0. The molecular weight excluding hydrogens is 256 g/mol. The Morgan fingerprint density at radius 3 is 2.15 bits per heavy atom. The van der Waals surface area contributed by atoms with Gasteiger partial charge < -0.3 is 10.2 Å². The van der Waals surface area contributed by atoms with Gasteiger partial charge in [0.05, 0.1) is 0 Å². The van der Waals surface area contributed by atoms with Crippen LogP contribution in [0.4, 0.5) is 0 Å². The van der Waals surface area contributed by atoms with E-state index in [0.717, 1.165) is 13.1 Å². The van der Waals surface area contributed by atoms with Crippen molar-refractivity contribution in [2.24, 2.45) is 16.2 Å². The molecule has 2 saturated carbocycles. The van der Waals surface area contributed by atoms with Crippen LogP contribution < -0.4 is 5.32 Å². The summed E-state index contributed by atoms with van der Waals surface area (Å²) in [5.74, 6) is -0.902. The van der Waals surface area contributed by atoms with E-state index in [0.29, 0.717) is 25.9 Å². The van der Waals surface area contributed by atoms with Gasteiger partial charge >= 0.3 is 0 Å². The summed E-state index contributed by atoms with van der Waals surface area (Å²) >= 11 is 0. The van der Waals surface area contributed by atoms with Gasteiger partial charge in [0.2, 0.25) is 17.5 Å². The number of carbonyl (C=O) groups is 3. The van der Waals surface area contributed by atoms with E-state index in [9.17, 15) is 14.4 Å². The molecule has 1 heterocycles. The third-order valence-electron chi connectivity index (χ3n) is 6.31. The summed E-state index contributed by atoms with van der Waals surface area (Å²) in [5, 5.41) is 3.20. The van der Waals surface area contributed by atoms with Crippen LogP contribution in [0.5, 0.6) is 0 Å². The highest BCUT2D eigenvalue weighted by atomic mass is 16.2. The van der Waals surface area contributed by atoms with E-state index in [1.807, 2.05) is 20.8 Å². The number of hydrogen-bond donors (Lipinski definition) is 1. The topological polar surface area (TPSA) is 66.5 Å². The summed E-state index contributed by atoms with van der Waals surface area (Å²) in [6, 6.07) is 0. The van der Waals surface area contributed by atoms with Gasteiger partial charge in [0.15, 0.2) is 0 Å². The molecule has 1 N–H and O–H groups in total. The summed E-state index contributed by atoms with van der Waals surface area (Å²) in [6.07, 6.45) is 1.16. The molecule has 3 aliphatic rings. The smallest absolute Gasteiger partial charge is 0.237 e. The van der Waals surface area contributed by atoms with Gasteiger partial charge in [-0.05, 0) is 18.3 Å². The van der Waals surface area contributed by atoms with E-state index >= 15 is 0 Å². The second kappa shape index (κ2) is 3.91. The quantitative estimate of drug-likeness (QED) is 0.556. The van der Waals surface area contributed by atoms with Crippen molar-refractivity contribution in [3.63, 3.8) is 0 Å². The highest BCUT2D eigenvalue weighted by molar-refractivity contribution is 6.48. The third kappa shape index (κ3) is 1.25. The maximum Gasteiger partial charge on any atom is 0.237 e. The lowest BCUT2D eigenvalue weighted by atomic mass is 9.64. The molecule has 0 unspecified atom stereocenters. The fraction of sp³-hybridized carbons (Fsp3) is 0.800. The molecule has 2 atom stereocenters. The van der Waals surface area contributed by atoms with Gasteiger partial charge in [0.1, 0.15) is 5.41 Å². The molecule has 110 valence electrons. The molecule has 0 radical (unpaired) electrons. The van der Waals surface area contributed by atoms with Crippen molar-refractivity contribution in [1.82, 2.24) is 10.2 Å². The summed E-state index contributed by atoms with van der Waals surface area (Å²) in [6.45, 7) is 8.44. The first-order valence-corrected chi connectivity index (χ1v) is 7.38. The highest BCUT2D eigenvalue weighted by Gasteiger charge is 2.78. The molecule has 1 aliphatic heterocycles. The van der Waals surface area contributed by atoms with Gasteiger partial charge in [0, 0.05) is 31.6 Å². The molecule has 0 aromatic heterocycles. The second-order valence-corrected chi connectivity index (χ2v) is 7.06. The van der Waals surface area contributed by atoms with Crippen molar-refractivity contribution in [3.05, 3.63) is 0 Å². The minimum absolute atomic E-state index is 0.122. The molecule has 5 heteroatoms. The minimum Gasteiger partial charge on any atom is -0.339 e. The lowest BCUT2D eigenvalue weighted by Gasteiger charge is -2.41. The Morgan fingerprint density at radius 2 is 1.65 bits per heavy atom. The zero-order chi connectivity index (χ0) is 14.8. The lowest BCUT2D eigenvalue weighted by Crippen LogP contribution is -2.56. The van der Waals surface area contributed by atoms with Crippen LogP contribution in [0.15, 0.2) is 0 Å². The van der Waals surface area contributed by atoms with E-state index in [1.54, 1.807) is 4.90 Å². The zero-order valence-electron chi connectivity index (χ0n) is 12.4. The zero-order valence-corrected chi connectivity index (χ0v) is 12.4. The third-order valence-corrected chi connectivity index (χ3v) is 6.31. The summed E-state index contributed by atoms with van der Waals surface area (Å²) in [5.41, 5.74) is -2.37. The molecule has 0 aromatic rings. The van der Waals surface area contributed by atoms with Crippen molar-refractivity contribution < 1.29 is 14.4 Å². The number of piperazine rings is 1. The average molecular weight is 278 g/mol. The van der Waals surface area contributed by atoms with Crippen LogP contribution in [0.3, 0.4) is 0 Å². The fourth-order valence-corrected chi connectivity index (χ4v) is 4.38. The number of rotatable bonds is 1. The highest BCUT2D eigenvalue weighted by Crippen LogP contribution is 2.69. The molecule has 0 aromatic carbocycles. The van der Waals surface area contributed by atoms with Gasteiger partial charge in [0.25, 0.3) is 0 Å². The van der Waals surface area contributed by atoms with Gasteiger partial charge in [-0.25, -0.2) is 0 Å². The lowest BCUT2D eigenvalue weighted by molar-refractivity contribution is -0.155. The van der Waals surface area contributed by atoms with Crippen molar-refractivity contribution in [1.29, 1.82) is 0 Å². The second-order valence-electron chi connectivity index (χ2n) is 7.06. The molecule has 5 nitrogen and oxygen atoms in total. The van der Waals surface area contributed by atoms with Crippen LogP contribution in [0, 0.1) is 16.2 Å². The summed E-state index contributed by atoms with van der Waals surface area (Å²) in [7, 11) is 0. The predicted molar refractivity (Wildman–Crippen MR) is 73.0 cm³/mol. The number of amides is 1. The van der Waals surface area contributed by atoms with Crippen molar-refractivity contribution in [2.45, 2.75) is 33.6 Å². The number of nitrogens with one attached hydrogen (secondary N) is 1. The fourth-order valence-electron chi connectivity index (χ4n) is 4.38. The van der Waals surface area contributed by atoms with Crippen molar-refractivity contribution in [3.8, 4) is 0 Å². The number of ketones is 2. The number of hydrogen-bond acceptors (Lipinski definition) is 4. The number of fused-ring (bicyclic) bond motifs is 2. The molecule has 3 fully saturated rings. The van der Waals surface area contributed by atoms with Gasteiger partial charge in [-0.2, -0.15) is 0 Å². The first kappa shape index (κ1) is 13.7. The van der Waals surface area contributed by atoms with Gasteiger partial charge in [-0.15, -0.1) is 0 Å². The van der Waals surface area contributed by atoms with Crippen LogP contribution in [-0.2, 0) is 14.4 Å². The minimum atomic E-state index is -1.11. The van der Waals surface area contributed by atoms with Crippen molar-refractivity contribution in [2.75, 3.05) is 26.2 Å². The van der Waals surface area contributed by atoms with Gasteiger partial charge in [-0.1, -0.05) is 20.8 Å². The standard InChI is InChI=1S/C15H22N2O3/c1-13(2)14(3)4-5-15(13,11(19)10(14)18)12(20)17-8-6-16-7-9-17/h16H,4-9H2,1-3H3/t14-,15-/m1/s1. The normalized spacial score (nSPS) is 39.5. The largest absolute Gasteiger partial charge is 0.339 e. The Hall–Kier alpha value is -1.23. The summed E-state index contributed by atoms with van der Waals surface area (Å²) in [4.78, 5) is 39.7. The van der Waals surface area contributed by atoms with E-state index < -0.39 is 22.0 Å². The first-order valence-electron chi connectivity index (χ1n) is 7.38. The summed E-state index contributed by atoms with van der Waals surface area (Å²) < 4.78 is 0. The molecule has 1 amide bonds. The van der Waals surface area contributed by atoms with E-state index in [2.05, 4.69) is 5.32 Å². The monoisotopic (exact) mass is 278 g/mol. The van der Waals surface area contributed by atoms with Crippen LogP contribution in [-0.4, -0.2) is 48.6 Å². The van der Waals surface area contributed by atoms with Gasteiger partial charge in [-0.3, -0.25) is 14.4 Å². The maximum atomic E-state index is 13.0. The molecule has 3 rings (SSSR count). The van der Waals surface area contributed by atoms with E-state index in [-0.39, 0.29) is 11.7 Å². The molecular formula is C15H22N2O3. The molecule has 20 heavy (non-hydrogen) atoms.